The summed E-state index contributed by atoms with van der Waals surface area (Å²) in [6.45, 7) is 0. The first-order valence-corrected chi connectivity index (χ1v) is 9.24. The Morgan fingerprint density at radius 3 is 2.20 bits per heavy atom. The molecule has 0 unspecified atom stereocenters. The Morgan fingerprint density at radius 1 is 1.08 bits per heavy atom. The molecule has 4 saturated carbocycles. The minimum absolute atomic E-state index is 0.137. The van der Waals surface area contributed by atoms with Gasteiger partial charge in [-0.3, -0.25) is 9.59 Å². The number of nitrogens with one attached hydrogen (secondary N) is 2. The summed E-state index contributed by atoms with van der Waals surface area (Å²) in [5, 5.41) is 5.71. The first kappa shape index (κ1) is 16.4. The lowest BCUT2D eigenvalue weighted by Gasteiger charge is -2.55. The third-order valence-electron chi connectivity index (χ3n) is 6.46. The van der Waals surface area contributed by atoms with Crippen LogP contribution in [0.15, 0.2) is 18.2 Å². The molecule has 134 valence electrons. The lowest BCUT2D eigenvalue weighted by molar-refractivity contribution is -0.140. The maximum Gasteiger partial charge on any atom is 0.251 e. The van der Waals surface area contributed by atoms with E-state index in [1.807, 2.05) is 0 Å². The fraction of sp³-hybridized carbons (Fsp3) is 0.600. The molecule has 4 aliphatic rings. The van der Waals surface area contributed by atoms with Crippen LogP contribution in [0.2, 0.25) is 0 Å². The maximum atomic E-state index is 13.2. The predicted molar refractivity (Wildman–Crippen MR) is 95.6 cm³/mol. The molecular formula is C20H26N2O3. The lowest BCUT2D eigenvalue weighted by atomic mass is 9.49. The van der Waals surface area contributed by atoms with Gasteiger partial charge in [-0.25, -0.2) is 0 Å². The zero-order valence-corrected chi connectivity index (χ0v) is 14.9. The van der Waals surface area contributed by atoms with E-state index >= 15 is 0 Å². The Balaban J connectivity index is 1.56. The Bertz CT molecular complexity index is 678. The van der Waals surface area contributed by atoms with Gasteiger partial charge in [-0.1, -0.05) is 0 Å². The van der Waals surface area contributed by atoms with Gasteiger partial charge in [0, 0.05) is 12.6 Å². The van der Waals surface area contributed by atoms with Crippen LogP contribution in [0.5, 0.6) is 5.75 Å². The highest BCUT2D eigenvalue weighted by Crippen LogP contribution is 2.60. The van der Waals surface area contributed by atoms with Gasteiger partial charge in [-0.2, -0.15) is 0 Å². The topological polar surface area (TPSA) is 67.4 Å². The third-order valence-corrected chi connectivity index (χ3v) is 6.46. The molecule has 5 heteroatoms. The van der Waals surface area contributed by atoms with Crippen LogP contribution in [0.4, 0.5) is 5.69 Å². The van der Waals surface area contributed by atoms with Crippen LogP contribution >= 0.6 is 0 Å². The fourth-order valence-electron chi connectivity index (χ4n) is 5.72. The summed E-state index contributed by atoms with van der Waals surface area (Å²) >= 11 is 0. The largest absolute Gasteiger partial charge is 0.495 e. The van der Waals surface area contributed by atoms with E-state index in [0.717, 1.165) is 37.0 Å². The van der Waals surface area contributed by atoms with Gasteiger partial charge in [0.2, 0.25) is 5.91 Å². The summed E-state index contributed by atoms with van der Waals surface area (Å²) in [6.07, 6.45) is 7.04. The van der Waals surface area contributed by atoms with Crippen LogP contribution in [0, 0.1) is 23.2 Å². The summed E-state index contributed by atoms with van der Waals surface area (Å²) in [5.41, 5.74) is 0.974. The minimum Gasteiger partial charge on any atom is -0.495 e. The summed E-state index contributed by atoms with van der Waals surface area (Å²) in [4.78, 5) is 25.0. The van der Waals surface area contributed by atoms with E-state index < -0.39 is 0 Å². The minimum atomic E-state index is -0.195. The van der Waals surface area contributed by atoms with Gasteiger partial charge >= 0.3 is 0 Å². The summed E-state index contributed by atoms with van der Waals surface area (Å²) in [5.74, 6) is 2.69. The van der Waals surface area contributed by atoms with Crippen molar-refractivity contribution in [1.82, 2.24) is 5.32 Å². The van der Waals surface area contributed by atoms with Crippen LogP contribution in [-0.2, 0) is 4.79 Å². The first-order chi connectivity index (χ1) is 12.0. The van der Waals surface area contributed by atoms with E-state index in [9.17, 15) is 9.59 Å². The van der Waals surface area contributed by atoms with E-state index in [0.29, 0.717) is 17.0 Å². The molecule has 1 aromatic carbocycles. The van der Waals surface area contributed by atoms with E-state index in [2.05, 4.69) is 10.6 Å². The molecule has 0 saturated heterocycles. The second-order valence-corrected chi connectivity index (χ2v) is 8.15. The van der Waals surface area contributed by atoms with Crippen molar-refractivity contribution in [2.45, 2.75) is 38.5 Å². The van der Waals surface area contributed by atoms with Crippen LogP contribution in [0.3, 0.4) is 0 Å². The van der Waals surface area contributed by atoms with Crippen LogP contribution < -0.4 is 15.4 Å². The number of anilines is 1. The van der Waals surface area contributed by atoms with E-state index in [1.165, 1.54) is 19.3 Å². The van der Waals surface area contributed by atoms with Gasteiger partial charge in [-0.15, -0.1) is 0 Å². The van der Waals surface area contributed by atoms with E-state index in [-0.39, 0.29) is 17.2 Å². The number of carbonyl (C=O) groups excluding carboxylic acids is 2. The van der Waals surface area contributed by atoms with Gasteiger partial charge < -0.3 is 15.4 Å². The van der Waals surface area contributed by atoms with Crippen molar-refractivity contribution in [3.63, 3.8) is 0 Å². The normalized spacial score (nSPS) is 32.3. The first-order valence-electron chi connectivity index (χ1n) is 9.24. The highest BCUT2D eigenvalue weighted by atomic mass is 16.5. The average molecular weight is 342 g/mol. The van der Waals surface area contributed by atoms with Crippen molar-refractivity contribution in [2.24, 2.45) is 23.2 Å². The standard InChI is InChI=1S/C20H26N2O3/c1-21-18(23)15-3-4-16(17(8-15)25-2)22-19(24)20-9-12-5-13(10-20)7-14(6-12)11-20/h3-4,8,12-14H,5-7,9-11H2,1-2H3,(H,21,23)(H,22,24). The summed E-state index contributed by atoms with van der Waals surface area (Å²) < 4.78 is 5.41. The molecule has 0 heterocycles. The third kappa shape index (κ3) is 2.79. The molecule has 2 N–H and O–H groups in total. The van der Waals surface area contributed by atoms with Crippen molar-refractivity contribution in [2.75, 3.05) is 19.5 Å². The smallest absolute Gasteiger partial charge is 0.251 e. The van der Waals surface area contributed by atoms with E-state index in [4.69, 9.17) is 4.74 Å². The quantitative estimate of drug-likeness (QED) is 0.883. The highest BCUT2D eigenvalue weighted by molar-refractivity contribution is 5.99. The molecule has 0 aromatic heterocycles. The average Bonchev–Trinajstić information content (AvgIpc) is 2.60. The predicted octanol–water partition coefficient (Wildman–Crippen LogP) is 3.21. The summed E-state index contributed by atoms with van der Waals surface area (Å²) in [7, 11) is 3.15. The van der Waals surface area contributed by atoms with Crippen molar-refractivity contribution >= 4 is 17.5 Å². The molecule has 0 aliphatic heterocycles. The van der Waals surface area contributed by atoms with Crippen LogP contribution in [-0.4, -0.2) is 26.0 Å². The number of carbonyl (C=O) groups is 2. The van der Waals surface area contributed by atoms with E-state index in [1.54, 1.807) is 32.4 Å². The van der Waals surface area contributed by atoms with Gasteiger partial charge in [0.05, 0.1) is 18.2 Å². The zero-order valence-electron chi connectivity index (χ0n) is 14.9. The molecule has 4 bridgehead atoms. The maximum absolute atomic E-state index is 13.2. The molecule has 0 radical (unpaired) electrons. The molecule has 0 atom stereocenters. The number of hydrogen-bond donors (Lipinski definition) is 2. The Hall–Kier alpha value is -2.04. The monoisotopic (exact) mass is 342 g/mol. The molecule has 4 aliphatic carbocycles. The van der Waals surface area contributed by atoms with Gasteiger partial charge in [0.25, 0.3) is 5.91 Å². The molecule has 1 aromatic rings. The number of methoxy groups -OCH3 is 1. The van der Waals surface area contributed by atoms with Gasteiger partial charge in [-0.05, 0) is 74.5 Å². The summed E-state index contributed by atoms with van der Waals surface area (Å²) in [6, 6.07) is 5.16. The number of ether oxygens (including phenoxy) is 1. The zero-order chi connectivity index (χ0) is 17.6. The van der Waals surface area contributed by atoms with Crippen molar-refractivity contribution in [3.8, 4) is 5.75 Å². The van der Waals surface area contributed by atoms with Crippen molar-refractivity contribution in [3.05, 3.63) is 23.8 Å². The number of benzene rings is 1. The molecule has 5 rings (SSSR count). The Kier molecular flexibility index (Phi) is 3.97. The molecule has 5 nitrogen and oxygen atoms in total. The van der Waals surface area contributed by atoms with Crippen molar-refractivity contribution < 1.29 is 14.3 Å². The Labute approximate surface area is 148 Å². The molecule has 4 fully saturated rings. The molecule has 2 amide bonds. The van der Waals surface area contributed by atoms with Crippen LogP contribution in [0.1, 0.15) is 48.9 Å². The SMILES string of the molecule is CNC(=O)c1ccc(NC(=O)C23CC4CC(CC(C4)C2)C3)c(OC)c1. The second kappa shape index (κ2) is 6.04. The number of hydrogen-bond acceptors (Lipinski definition) is 3. The fourth-order valence-corrected chi connectivity index (χ4v) is 5.72. The number of rotatable bonds is 4. The number of amides is 2. The second-order valence-electron chi connectivity index (χ2n) is 8.15. The molecule has 25 heavy (non-hydrogen) atoms. The van der Waals surface area contributed by atoms with Gasteiger partial charge in [0.15, 0.2) is 0 Å². The Morgan fingerprint density at radius 2 is 1.68 bits per heavy atom. The molecule has 0 spiro atoms. The molecular weight excluding hydrogens is 316 g/mol. The lowest BCUT2D eigenvalue weighted by Crippen LogP contribution is -2.51. The van der Waals surface area contributed by atoms with Crippen molar-refractivity contribution in [1.29, 1.82) is 0 Å². The van der Waals surface area contributed by atoms with Crippen LogP contribution in [0.25, 0.3) is 0 Å². The van der Waals surface area contributed by atoms with Gasteiger partial charge in [0.1, 0.15) is 5.75 Å². The highest BCUT2D eigenvalue weighted by Gasteiger charge is 2.54.